The van der Waals surface area contributed by atoms with Crippen molar-refractivity contribution in [3.8, 4) is 103 Å². The quantitative estimate of drug-likeness (QED) is 0.0281. The maximum Gasteiger partial charge on any atom is 0.160 e. The third kappa shape index (κ3) is 27.4. The largest absolute Gasteiger partial charge is 0.494 e. The smallest absolute Gasteiger partial charge is 0.160 e. The molecule has 13 heteroatoms. The van der Waals surface area contributed by atoms with Gasteiger partial charge in [-0.05, 0) is 304 Å². The molecule has 0 bridgehead atoms. The van der Waals surface area contributed by atoms with Crippen molar-refractivity contribution in [1.82, 2.24) is 9.13 Å². The molecule has 0 radical (unpaired) electrons. The number of rotatable bonds is 60. The lowest BCUT2D eigenvalue weighted by Gasteiger charge is -2.08. The number of unbranched alkanes of at least 4 members (excludes halogenated alkanes) is 27. The van der Waals surface area contributed by atoms with Crippen molar-refractivity contribution < 1.29 is 19.1 Å². The molecule has 0 aliphatic rings. The van der Waals surface area contributed by atoms with Crippen molar-refractivity contribution in [1.29, 1.82) is 0 Å². The lowest BCUT2D eigenvalue weighted by Crippen LogP contribution is -1.97. The number of carbonyl (C=O) groups is 2. The highest BCUT2D eigenvalue weighted by Crippen LogP contribution is 2.53. The molecule has 0 N–H and O–H groups in total. The van der Waals surface area contributed by atoms with E-state index in [2.05, 4.69) is 260 Å². The van der Waals surface area contributed by atoms with Crippen LogP contribution in [0.1, 0.15) is 366 Å². The Morgan fingerprint density at radius 1 is 0.219 bits per heavy atom. The Bertz CT molecular complexity index is 6250. The van der Waals surface area contributed by atoms with Crippen molar-refractivity contribution in [2.45, 2.75) is 365 Å². The number of aromatic nitrogens is 2. The van der Waals surface area contributed by atoms with Crippen molar-refractivity contribution in [3.05, 3.63) is 212 Å². The predicted octanol–water partition coefficient (Wildman–Crippen LogP) is 41.5. The number of nitrogens with zero attached hydrogens (tertiary/aromatic N) is 2. The van der Waals surface area contributed by atoms with Gasteiger partial charge in [0.1, 0.15) is 11.5 Å². The summed E-state index contributed by atoms with van der Waals surface area (Å²) in [5, 5.41) is 5.31. The van der Waals surface area contributed by atoms with Gasteiger partial charge in [0.15, 0.2) is 12.6 Å². The van der Waals surface area contributed by atoms with Gasteiger partial charge in [-0.1, -0.05) is 284 Å². The second-order valence-electron chi connectivity index (χ2n) is 38.5. The first-order chi connectivity index (χ1) is 67.4. The Hall–Kier alpha value is -8.24. The molecule has 0 fully saturated rings. The number of aryl methyl sites for hydroxylation is 9. The van der Waals surface area contributed by atoms with Gasteiger partial charge < -0.3 is 18.6 Å². The van der Waals surface area contributed by atoms with Crippen LogP contribution in [0.3, 0.4) is 0 Å². The Kier molecular flexibility index (Phi) is 41.7. The summed E-state index contributed by atoms with van der Waals surface area (Å²) in [7, 11) is 0. The molecule has 0 aliphatic heterocycles. The second-order valence-corrected chi connectivity index (χ2v) is 46.0. The van der Waals surface area contributed by atoms with Crippen LogP contribution in [0.15, 0.2) is 164 Å². The lowest BCUT2D eigenvalue weighted by atomic mass is 9.99. The third-order valence-electron chi connectivity index (χ3n) is 27.9. The molecule has 15 aromatic rings. The van der Waals surface area contributed by atoms with E-state index in [0.717, 1.165) is 118 Å². The van der Waals surface area contributed by atoms with E-state index < -0.39 is 0 Å². The van der Waals surface area contributed by atoms with Gasteiger partial charge in [0.25, 0.3) is 0 Å². The van der Waals surface area contributed by atoms with Crippen LogP contribution < -0.4 is 9.47 Å². The maximum absolute atomic E-state index is 12.2. The van der Waals surface area contributed by atoms with E-state index in [1.165, 1.54) is 393 Å². The number of benzene rings is 6. The van der Waals surface area contributed by atoms with Gasteiger partial charge in [-0.15, -0.1) is 79.4 Å². The maximum atomic E-state index is 12.2. The zero-order valence-corrected chi connectivity index (χ0v) is 90.6. The highest BCUT2D eigenvalue weighted by Gasteiger charge is 2.27. The van der Waals surface area contributed by atoms with Crippen molar-refractivity contribution in [2.24, 2.45) is 0 Å². The first-order valence-corrected chi connectivity index (χ1v) is 59.5. The Labute approximate surface area is 851 Å². The molecule has 0 unspecified atom stereocenters. The molecule has 9 heterocycles. The second kappa shape index (κ2) is 54.7. The number of hydrogen-bond donors (Lipinski definition) is 0. The first kappa shape index (κ1) is 105. The van der Waals surface area contributed by atoms with Gasteiger partial charge in [-0.3, -0.25) is 9.59 Å². The summed E-state index contributed by atoms with van der Waals surface area (Å²) < 4.78 is 17.2. The first-order valence-electron chi connectivity index (χ1n) is 53.8. The van der Waals surface area contributed by atoms with E-state index in [4.69, 9.17) is 9.47 Å². The normalized spacial score (nSPS) is 11.7. The minimum Gasteiger partial charge on any atom is -0.494 e. The number of thiophene rings is 7. The molecule has 6 aromatic carbocycles. The topological polar surface area (TPSA) is 62.5 Å². The fourth-order valence-electron chi connectivity index (χ4n) is 20.2. The molecule has 137 heavy (non-hydrogen) atoms. The van der Waals surface area contributed by atoms with E-state index in [0.29, 0.717) is 0 Å². The summed E-state index contributed by atoms with van der Waals surface area (Å²) in [5.74, 6) is 1.91. The van der Waals surface area contributed by atoms with Gasteiger partial charge in [0.05, 0.1) is 23.0 Å². The molecule has 0 saturated carbocycles. The van der Waals surface area contributed by atoms with Gasteiger partial charge >= 0.3 is 0 Å². The van der Waals surface area contributed by atoms with E-state index in [1.807, 2.05) is 45.3 Å². The third-order valence-corrected chi connectivity index (χ3v) is 37.0. The Morgan fingerprint density at radius 3 is 0.693 bits per heavy atom. The fourth-order valence-corrected chi connectivity index (χ4v) is 29.0. The molecule has 0 spiro atoms. The molecule has 0 amide bonds. The van der Waals surface area contributed by atoms with Crippen LogP contribution >= 0.6 is 79.4 Å². The number of fused-ring (bicyclic) bond motifs is 6. The molecule has 0 aliphatic carbocycles. The number of ether oxygens (including phenoxy) is 2. The predicted molar refractivity (Wildman–Crippen MR) is 609 cm³/mol. The monoisotopic (exact) mass is 1960 g/mol. The van der Waals surface area contributed by atoms with Crippen molar-refractivity contribution >= 4 is 136 Å². The van der Waals surface area contributed by atoms with Crippen molar-refractivity contribution in [3.63, 3.8) is 0 Å². The zero-order chi connectivity index (χ0) is 95.6. The van der Waals surface area contributed by atoms with Crippen LogP contribution in [0.5, 0.6) is 11.5 Å². The number of carbonyl (C=O) groups excluding carboxylic acids is 2. The summed E-state index contributed by atoms with van der Waals surface area (Å²) in [4.78, 5) is 42.9. The van der Waals surface area contributed by atoms with Crippen LogP contribution in [-0.4, -0.2) is 34.9 Å². The average Bonchev–Trinajstić information content (AvgIpc) is 1.59. The van der Waals surface area contributed by atoms with E-state index in [9.17, 15) is 9.59 Å². The number of hydrogen-bond acceptors (Lipinski definition) is 11. The molecular weight excluding hydrogens is 1810 g/mol. The molecule has 0 saturated heterocycles. The van der Waals surface area contributed by atoms with E-state index in [-0.39, 0.29) is 0 Å². The Balaban J connectivity index is 0.000000222. The minimum absolute atomic E-state index is 0.781. The van der Waals surface area contributed by atoms with Crippen LogP contribution in [-0.2, 0) is 58.0 Å². The zero-order valence-electron chi connectivity index (χ0n) is 84.9. The summed E-state index contributed by atoms with van der Waals surface area (Å²) >= 11 is 13.5. The summed E-state index contributed by atoms with van der Waals surface area (Å²) in [5.41, 5.74) is 23.0. The van der Waals surface area contributed by atoms with E-state index >= 15 is 0 Å². The van der Waals surface area contributed by atoms with Gasteiger partial charge in [-0.25, -0.2) is 0 Å². The Morgan fingerprint density at radius 2 is 0.438 bits per heavy atom. The molecule has 6 nitrogen and oxygen atoms in total. The van der Waals surface area contributed by atoms with Crippen LogP contribution in [0, 0.1) is 0 Å². The molecule has 9 aromatic heterocycles. The van der Waals surface area contributed by atoms with Crippen LogP contribution in [0.25, 0.3) is 136 Å². The van der Waals surface area contributed by atoms with E-state index in [1.54, 1.807) is 22.7 Å². The van der Waals surface area contributed by atoms with Crippen molar-refractivity contribution in [2.75, 3.05) is 13.2 Å². The fraction of sp³-hybridized carbons (Fsp3) is 0.468. The summed E-state index contributed by atoms with van der Waals surface area (Å²) in [6.07, 6.45) is 54.4. The molecule has 728 valence electrons. The highest BCUT2D eigenvalue weighted by molar-refractivity contribution is 7.30. The summed E-state index contributed by atoms with van der Waals surface area (Å²) in [6.45, 7) is 28.6. The lowest BCUT2D eigenvalue weighted by molar-refractivity contribution is 0.111. The SMILES string of the molecule is CCCCCCOc1ccc(-c2ccc3c(c2)c2cc(-c4sc(-c5sc(-c6sc(-c7sc(C=O)cc7CCCCCC)cc6CCCCCC)cc5CCCCCC)cc4CCCCCC)ccc2n3CC)cc1.CCCCCCOc1ccc(-c2ccc3c(c2)c2cc(-c4sc(-c5sc(-c6sc(C=O)cc6CCCCCC)cc5CCCCCC)cc4CCCCCC)ccc2n3CC)cc1. The molecule has 0 atom stereocenters. The van der Waals surface area contributed by atoms with Gasteiger partial charge in [0, 0.05) is 115 Å². The van der Waals surface area contributed by atoms with Crippen LogP contribution in [0.2, 0.25) is 0 Å². The number of aldehydes is 2. The van der Waals surface area contributed by atoms with Gasteiger partial charge in [-0.2, -0.15) is 0 Å². The molecular formula is C124H156N2O4S7. The van der Waals surface area contributed by atoms with Crippen LogP contribution in [0.4, 0.5) is 0 Å². The minimum atomic E-state index is 0.781. The average molecular weight is 1960 g/mol. The summed E-state index contributed by atoms with van der Waals surface area (Å²) in [6, 6.07) is 63.3. The highest BCUT2D eigenvalue weighted by atomic mass is 32.1. The van der Waals surface area contributed by atoms with Gasteiger partial charge in [0.2, 0.25) is 0 Å². The molecule has 15 rings (SSSR count). The standard InChI is InChI=1S/C67H85NO2S4.C57H71NO2S3/c1-7-13-18-23-28-50-41-56(47-69)71-65(50)61-45-52(30-25-20-15-9-3)67(73-61)63-46-53(31-26-21-16-10-4)66(74-63)62-44-51(29-24-19-14-8-2)64(72-62)54-35-39-60-58(43-54)57-42-49(34-38-59(57)68(60)12-6)48-32-36-55(37-33-48)70-40-27-22-17-11-5;1-6-11-15-19-23-43-35-48(40-59)61-56(43)53-39-45(25-21-17-13-8-3)57(63-53)54-38-44(24-20-16-12-7-2)55(62-54)46-29-33-52-50(37-46)49-36-42(28-32-51(49)58(52)10-5)41-26-30-47(31-27-41)60-34-22-18-14-9-4/h32-39,41-47H,7-31,40H2,1-6H3;26-33,35-40H,6-25,34H2,1-5H3.